The summed E-state index contributed by atoms with van der Waals surface area (Å²) in [5, 5.41) is 5.31. The Labute approximate surface area is 142 Å². The Morgan fingerprint density at radius 1 is 1.30 bits per heavy atom. The Bertz CT molecular complexity index is 612. The minimum atomic E-state index is -0.0367. The van der Waals surface area contributed by atoms with E-state index in [2.05, 4.69) is 35.8 Å². The molecule has 2 N–H and O–H groups in total. The van der Waals surface area contributed by atoms with Crippen molar-refractivity contribution in [1.82, 2.24) is 5.32 Å². The van der Waals surface area contributed by atoms with Gasteiger partial charge in [0, 0.05) is 10.8 Å². The second-order valence-electron chi connectivity index (χ2n) is 6.55. The summed E-state index contributed by atoms with van der Waals surface area (Å²) < 4.78 is 0. The monoisotopic (exact) mass is 329 g/mol. The van der Waals surface area contributed by atoms with Gasteiger partial charge in [-0.05, 0) is 29.9 Å². The molecule has 3 atom stereocenters. The van der Waals surface area contributed by atoms with Crippen LogP contribution in [0.2, 0.25) is 0 Å². The summed E-state index contributed by atoms with van der Waals surface area (Å²) in [4.78, 5) is 15.2. The lowest BCUT2D eigenvalue weighted by atomic mass is 10.0. The minimum Gasteiger partial charge on any atom is -0.339 e. The van der Waals surface area contributed by atoms with E-state index in [1.54, 1.807) is 11.3 Å². The van der Waals surface area contributed by atoms with Gasteiger partial charge in [-0.25, -0.2) is 0 Å². The summed E-state index contributed by atoms with van der Waals surface area (Å²) in [6, 6.07) is 14.3. The van der Waals surface area contributed by atoms with Crippen LogP contribution in [0.1, 0.15) is 36.2 Å². The van der Waals surface area contributed by atoms with Gasteiger partial charge in [-0.15, -0.1) is 11.3 Å². The van der Waals surface area contributed by atoms with Gasteiger partial charge < -0.3 is 10.2 Å². The molecule has 1 unspecified atom stereocenters. The standard InChI is InChI=1S/C19H24N2OS/c1-15-7-5-11-21(13-15)14-18(22)20-19(17-10-6-12-23-17)16-8-3-2-4-9-16/h2-4,6,8-10,12,15,19H,5,7,11,13-14H2,1H3,(H,20,22)/p+1/t15-,19+/m1/s1. The first-order valence-electron chi connectivity index (χ1n) is 8.43. The predicted octanol–water partition coefficient (Wildman–Crippen LogP) is 2.27. The third kappa shape index (κ3) is 4.43. The van der Waals surface area contributed by atoms with Gasteiger partial charge >= 0.3 is 0 Å². The number of nitrogens with one attached hydrogen (secondary N) is 2. The largest absolute Gasteiger partial charge is 0.339 e. The molecule has 0 bridgehead atoms. The maximum atomic E-state index is 12.6. The number of quaternary nitrogens is 1. The Morgan fingerprint density at radius 3 is 2.83 bits per heavy atom. The molecule has 1 amide bonds. The van der Waals surface area contributed by atoms with Gasteiger partial charge in [0.1, 0.15) is 0 Å². The number of hydrogen-bond donors (Lipinski definition) is 2. The van der Waals surface area contributed by atoms with Crippen LogP contribution in [0.3, 0.4) is 0 Å². The molecule has 0 spiro atoms. The molecule has 2 aromatic rings. The lowest BCUT2D eigenvalue weighted by molar-refractivity contribution is -0.900. The van der Waals surface area contributed by atoms with Crippen molar-refractivity contribution in [1.29, 1.82) is 0 Å². The van der Waals surface area contributed by atoms with Gasteiger partial charge in [0.05, 0.1) is 19.1 Å². The highest BCUT2D eigenvalue weighted by molar-refractivity contribution is 7.10. The van der Waals surface area contributed by atoms with Crippen LogP contribution in [0.5, 0.6) is 0 Å². The molecule has 0 radical (unpaired) electrons. The molecule has 1 aliphatic heterocycles. The quantitative estimate of drug-likeness (QED) is 0.867. The zero-order valence-corrected chi connectivity index (χ0v) is 14.4. The molecule has 1 aliphatic rings. The summed E-state index contributed by atoms with van der Waals surface area (Å²) in [6.07, 6.45) is 2.53. The van der Waals surface area contributed by atoms with Crippen molar-refractivity contribution in [3.8, 4) is 0 Å². The molecule has 3 nitrogen and oxygen atoms in total. The van der Waals surface area contributed by atoms with E-state index in [0.29, 0.717) is 6.54 Å². The van der Waals surface area contributed by atoms with E-state index >= 15 is 0 Å². The average Bonchev–Trinajstić information content (AvgIpc) is 3.07. The highest BCUT2D eigenvalue weighted by atomic mass is 32.1. The van der Waals surface area contributed by atoms with E-state index < -0.39 is 0 Å². The van der Waals surface area contributed by atoms with Gasteiger partial charge in [-0.3, -0.25) is 4.79 Å². The van der Waals surface area contributed by atoms with Crippen LogP contribution in [0, 0.1) is 5.92 Å². The molecule has 1 aromatic heterocycles. The van der Waals surface area contributed by atoms with E-state index in [1.807, 2.05) is 24.3 Å². The smallest absolute Gasteiger partial charge is 0.275 e. The van der Waals surface area contributed by atoms with Gasteiger partial charge in [-0.2, -0.15) is 0 Å². The Morgan fingerprint density at radius 2 is 2.13 bits per heavy atom. The average molecular weight is 329 g/mol. The van der Waals surface area contributed by atoms with Crippen LogP contribution in [-0.2, 0) is 4.79 Å². The Kier molecular flexibility index (Phi) is 5.47. The second-order valence-corrected chi connectivity index (χ2v) is 7.53. The molecular weight excluding hydrogens is 304 g/mol. The van der Waals surface area contributed by atoms with E-state index in [9.17, 15) is 4.79 Å². The van der Waals surface area contributed by atoms with Crippen LogP contribution >= 0.6 is 11.3 Å². The lowest BCUT2D eigenvalue weighted by Gasteiger charge is -2.28. The maximum Gasteiger partial charge on any atom is 0.275 e. The molecule has 122 valence electrons. The molecular formula is C19H25N2OS+. The number of carbonyl (C=O) groups is 1. The fourth-order valence-electron chi connectivity index (χ4n) is 3.42. The van der Waals surface area contributed by atoms with E-state index in [-0.39, 0.29) is 11.9 Å². The fraction of sp³-hybridized carbons (Fsp3) is 0.421. The summed E-state index contributed by atoms with van der Waals surface area (Å²) in [5.74, 6) is 0.880. The normalized spacial score (nSPS) is 22.5. The Hall–Kier alpha value is -1.65. The number of likely N-dealkylation sites (tertiary alicyclic amines) is 1. The van der Waals surface area contributed by atoms with Gasteiger partial charge in [-0.1, -0.05) is 43.3 Å². The van der Waals surface area contributed by atoms with E-state index in [0.717, 1.165) is 24.6 Å². The van der Waals surface area contributed by atoms with Gasteiger partial charge in [0.15, 0.2) is 6.54 Å². The van der Waals surface area contributed by atoms with Crippen LogP contribution in [0.15, 0.2) is 47.8 Å². The van der Waals surface area contributed by atoms with Crippen molar-refractivity contribution >= 4 is 17.2 Å². The molecule has 1 saturated heterocycles. The summed E-state index contributed by atoms with van der Waals surface area (Å²) in [7, 11) is 0. The van der Waals surface area contributed by atoms with Crippen molar-refractivity contribution in [3.63, 3.8) is 0 Å². The molecule has 2 heterocycles. The second kappa shape index (κ2) is 7.75. The molecule has 3 rings (SSSR count). The number of hydrogen-bond acceptors (Lipinski definition) is 2. The van der Waals surface area contributed by atoms with Crippen molar-refractivity contribution in [3.05, 3.63) is 58.3 Å². The summed E-state index contributed by atoms with van der Waals surface area (Å²) >= 11 is 1.69. The topological polar surface area (TPSA) is 33.5 Å². The first-order valence-corrected chi connectivity index (χ1v) is 9.31. The zero-order chi connectivity index (χ0) is 16.1. The number of rotatable bonds is 5. The van der Waals surface area contributed by atoms with E-state index in [1.165, 1.54) is 22.6 Å². The van der Waals surface area contributed by atoms with Crippen LogP contribution in [0.25, 0.3) is 0 Å². The number of thiophene rings is 1. The first-order chi connectivity index (χ1) is 11.2. The highest BCUT2D eigenvalue weighted by Crippen LogP contribution is 2.25. The Balaban J connectivity index is 1.68. The van der Waals surface area contributed by atoms with Crippen molar-refractivity contribution in [2.45, 2.75) is 25.8 Å². The highest BCUT2D eigenvalue weighted by Gasteiger charge is 2.24. The number of piperidine rings is 1. The third-order valence-electron chi connectivity index (χ3n) is 4.54. The number of amides is 1. The molecule has 23 heavy (non-hydrogen) atoms. The zero-order valence-electron chi connectivity index (χ0n) is 13.6. The molecule has 1 aromatic carbocycles. The SMILES string of the molecule is C[C@@H]1CCC[NH+](CC(=O)N[C@@H](c2ccccc2)c2cccs2)C1. The summed E-state index contributed by atoms with van der Waals surface area (Å²) in [6.45, 7) is 5.10. The maximum absolute atomic E-state index is 12.6. The summed E-state index contributed by atoms with van der Waals surface area (Å²) in [5.41, 5.74) is 1.14. The van der Waals surface area contributed by atoms with Crippen LogP contribution in [-0.4, -0.2) is 25.5 Å². The van der Waals surface area contributed by atoms with Gasteiger partial charge in [0.25, 0.3) is 5.91 Å². The molecule has 1 fully saturated rings. The number of benzene rings is 1. The fourth-order valence-corrected chi connectivity index (χ4v) is 4.22. The van der Waals surface area contributed by atoms with Crippen LogP contribution < -0.4 is 10.2 Å². The minimum absolute atomic E-state index is 0.0367. The molecule has 0 aliphatic carbocycles. The molecule has 4 heteroatoms. The molecule has 0 saturated carbocycles. The van der Waals surface area contributed by atoms with Crippen molar-refractivity contribution < 1.29 is 9.69 Å². The third-order valence-corrected chi connectivity index (χ3v) is 5.48. The lowest BCUT2D eigenvalue weighted by Crippen LogP contribution is -3.14. The van der Waals surface area contributed by atoms with Gasteiger partial charge in [0.2, 0.25) is 0 Å². The van der Waals surface area contributed by atoms with Crippen LogP contribution in [0.4, 0.5) is 0 Å². The van der Waals surface area contributed by atoms with E-state index in [4.69, 9.17) is 0 Å². The predicted molar refractivity (Wildman–Crippen MR) is 94.7 cm³/mol. The first kappa shape index (κ1) is 16.2. The van der Waals surface area contributed by atoms with Crippen molar-refractivity contribution in [2.24, 2.45) is 5.92 Å². The van der Waals surface area contributed by atoms with Crippen molar-refractivity contribution in [2.75, 3.05) is 19.6 Å². The number of carbonyl (C=O) groups excluding carboxylic acids is 1.